The van der Waals surface area contributed by atoms with E-state index in [0.717, 1.165) is 0 Å². The summed E-state index contributed by atoms with van der Waals surface area (Å²) in [6, 6.07) is 2.85. The molecule has 1 N–H and O–H groups in total. The highest BCUT2D eigenvalue weighted by Gasteiger charge is 2.25. The number of esters is 1. The van der Waals surface area contributed by atoms with E-state index in [4.69, 9.17) is 4.42 Å². The molecule has 0 fully saturated rings. The van der Waals surface area contributed by atoms with Gasteiger partial charge in [-0.25, -0.2) is 18.0 Å². The predicted octanol–water partition coefficient (Wildman–Crippen LogP) is 2.79. The van der Waals surface area contributed by atoms with Gasteiger partial charge in [-0.3, -0.25) is 0 Å². The number of carbonyl (C=O) groups is 1. The average Bonchev–Trinajstić information content (AvgIpc) is 2.91. The third-order valence-corrected chi connectivity index (χ3v) is 2.92. The van der Waals surface area contributed by atoms with E-state index in [1.165, 1.54) is 26.3 Å². The Kier molecular flexibility index (Phi) is 4.32. The summed E-state index contributed by atoms with van der Waals surface area (Å²) >= 11 is 0. The van der Waals surface area contributed by atoms with Gasteiger partial charge >= 0.3 is 5.97 Å². The smallest absolute Gasteiger partial charge is 0.373 e. The molecule has 2 aromatic rings. The molecule has 4 nitrogen and oxygen atoms in total. The highest BCUT2D eigenvalue weighted by atomic mass is 19.1. The van der Waals surface area contributed by atoms with E-state index in [1.807, 2.05) is 0 Å². The van der Waals surface area contributed by atoms with Crippen molar-refractivity contribution in [1.82, 2.24) is 5.32 Å². The summed E-state index contributed by atoms with van der Waals surface area (Å²) in [7, 11) is 2.63. The van der Waals surface area contributed by atoms with E-state index in [0.29, 0.717) is 12.1 Å². The van der Waals surface area contributed by atoms with Gasteiger partial charge in [-0.2, -0.15) is 0 Å². The summed E-state index contributed by atoms with van der Waals surface area (Å²) < 4.78 is 50.3. The number of carbonyl (C=O) groups excluding carboxylic acids is 1. The summed E-state index contributed by atoms with van der Waals surface area (Å²) in [6.07, 6.45) is 0. The van der Waals surface area contributed by atoms with Crippen molar-refractivity contribution in [3.8, 4) is 0 Å². The molecule has 1 atom stereocenters. The van der Waals surface area contributed by atoms with Gasteiger partial charge in [0.15, 0.2) is 0 Å². The first kappa shape index (κ1) is 15.1. The largest absolute Gasteiger partial charge is 0.463 e. The molecule has 0 bridgehead atoms. The Morgan fingerprint density at radius 1 is 1.24 bits per heavy atom. The number of furan rings is 1. The summed E-state index contributed by atoms with van der Waals surface area (Å²) in [4.78, 5) is 11.3. The van der Waals surface area contributed by atoms with Gasteiger partial charge in [0, 0.05) is 17.7 Å². The second-order valence-electron chi connectivity index (χ2n) is 4.20. The maximum atomic E-state index is 13.8. The lowest BCUT2D eigenvalue weighted by molar-refractivity contribution is 0.0562. The summed E-state index contributed by atoms with van der Waals surface area (Å²) in [5, 5.41) is 2.66. The van der Waals surface area contributed by atoms with Crippen LogP contribution in [0.4, 0.5) is 13.2 Å². The van der Waals surface area contributed by atoms with Gasteiger partial charge in [0.2, 0.25) is 5.76 Å². The fraction of sp³-hybridized carbons (Fsp3) is 0.214. The molecule has 2 rings (SSSR count). The second-order valence-corrected chi connectivity index (χ2v) is 4.20. The van der Waals surface area contributed by atoms with Crippen LogP contribution in [-0.2, 0) is 4.74 Å². The van der Waals surface area contributed by atoms with Crippen LogP contribution in [0.2, 0.25) is 0 Å². The molecule has 0 aliphatic carbocycles. The van der Waals surface area contributed by atoms with Crippen molar-refractivity contribution in [2.24, 2.45) is 0 Å². The highest BCUT2D eigenvalue weighted by molar-refractivity contribution is 5.86. The number of halogens is 3. The van der Waals surface area contributed by atoms with Crippen LogP contribution in [-0.4, -0.2) is 20.1 Å². The Labute approximate surface area is 118 Å². The molecule has 0 amide bonds. The SMILES string of the molecule is CNC(c1ccc(C(=O)OC)o1)c1c(F)cc(F)cc1F. The van der Waals surface area contributed by atoms with Gasteiger partial charge < -0.3 is 14.5 Å². The molecule has 0 aliphatic heterocycles. The number of hydrogen-bond acceptors (Lipinski definition) is 4. The zero-order valence-electron chi connectivity index (χ0n) is 11.2. The number of benzene rings is 1. The maximum absolute atomic E-state index is 13.8. The molecular weight excluding hydrogens is 287 g/mol. The Balaban J connectivity index is 2.45. The predicted molar refractivity (Wildman–Crippen MR) is 67.3 cm³/mol. The van der Waals surface area contributed by atoms with Crippen LogP contribution in [0.15, 0.2) is 28.7 Å². The number of rotatable bonds is 4. The van der Waals surface area contributed by atoms with Crippen molar-refractivity contribution in [3.63, 3.8) is 0 Å². The molecule has 7 heteroatoms. The van der Waals surface area contributed by atoms with Crippen LogP contribution in [0.3, 0.4) is 0 Å². The highest BCUT2D eigenvalue weighted by Crippen LogP contribution is 2.28. The van der Waals surface area contributed by atoms with E-state index >= 15 is 0 Å². The summed E-state index contributed by atoms with van der Waals surface area (Å²) in [6.45, 7) is 0. The molecule has 112 valence electrons. The van der Waals surface area contributed by atoms with Crippen LogP contribution in [0, 0.1) is 17.5 Å². The number of nitrogens with one attached hydrogen (secondary N) is 1. The first-order valence-corrected chi connectivity index (χ1v) is 5.97. The standard InChI is InChI=1S/C14H12F3NO3/c1-18-13(10-3-4-11(21-10)14(19)20-2)12-8(16)5-7(15)6-9(12)17/h3-6,13,18H,1-2H3. The molecule has 0 aliphatic rings. The topological polar surface area (TPSA) is 51.5 Å². The van der Waals surface area contributed by atoms with E-state index in [2.05, 4.69) is 10.1 Å². The van der Waals surface area contributed by atoms with Crippen LogP contribution in [0.1, 0.15) is 27.9 Å². The Morgan fingerprint density at radius 2 is 1.86 bits per heavy atom. The van der Waals surface area contributed by atoms with Crippen molar-refractivity contribution in [2.45, 2.75) is 6.04 Å². The molecule has 0 spiro atoms. The molecule has 1 heterocycles. The quantitative estimate of drug-likeness (QED) is 0.882. The monoisotopic (exact) mass is 299 g/mol. The number of ether oxygens (including phenoxy) is 1. The van der Waals surface area contributed by atoms with E-state index in [9.17, 15) is 18.0 Å². The van der Waals surface area contributed by atoms with E-state index < -0.39 is 35.0 Å². The van der Waals surface area contributed by atoms with Gasteiger partial charge in [-0.1, -0.05) is 0 Å². The van der Waals surface area contributed by atoms with Gasteiger partial charge in [0.25, 0.3) is 0 Å². The Hall–Kier alpha value is -2.28. The molecular formula is C14H12F3NO3. The van der Waals surface area contributed by atoms with Gasteiger partial charge in [-0.15, -0.1) is 0 Å². The molecule has 0 radical (unpaired) electrons. The molecule has 0 saturated heterocycles. The molecule has 1 unspecified atom stereocenters. The van der Waals surface area contributed by atoms with Gasteiger partial charge in [-0.05, 0) is 19.2 Å². The van der Waals surface area contributed by atoms with Crippen LogP contribution in [0.25, 0.3) is 0 Å². The molecule has 1 aromatic heterocycles. The van der Waals surface area contributed by atoms with Crippen molar-refractivity contribution >= 4 is 5.97 Å². The van der Waals surface area contributed by atoms with Crippen molar-refractivity contribution < 1.29 is 27.1 Å². The lowest BCUT2D eigenvalue weighted by atomic mass is 10.0. The third-order valence-electron chi connectivity index (χ3n) is 2.92. The second kappa shape index (κ2) is 6.01. The van der Waals surface area contributed by atoms with Crippen molar-refractivity contribution in [1.29, 1.82) is 0 Å². The van der Waals surface area contributed by atoms with Crippen molar-refractivity contribution in [2.75, 3.05) is 14.2 Å². The number of methoxy groups -OCH3 is 1. The van der Waals surface area contributed by atoms with E-state index in [1.54, 1.807) is 0 Å². The summed E-state index contributed by atoms with van der Waals surface area (Å²) in [5.74, 6) is -3.84. The normalized spacial score (nSPS) is 12.2. The lowest BCUT2D eigenvalue weighted by Crippen LogP contribution is -2.20. The minimum atomic E-state index is -1.05. The fourth-order valence-electron chi connectivity index (χ4n) is 1.98. The molecule has 21 heavy (non-hydrogen) atoms. The zero-order chi connectivity index (χ0) is 15.6. The third kappa shape index (κ3) is 2.92. The minimum absolute atomic E-state index is 0.0994. The average molecular weight is 299 g/mol. The van der Waals surface area contributed by atoms with Gasteiger partial charge in [0.1, 0.15) is 23.2 Å². The summed E-state index contributed by atoms with van der Waals surface area (Å²) in [5.41, 5.74) is -0.398. The van der Waals surface area contributed by atoms with Crippen LogP contribution in [0.5, 0.6) is 0 Å². The number of hydrogen-bond donors (Lipinski definition) is 1. The first-order chi connectivity index (χ1) is 9.97. The fourth-order valence-corrected chi connectivity index (χ4v) is 1.98. The Morgan fingerprint density at radius 3 is 2.38 bits per heavy atom. The maximum Gasteiger partial charge on any atom is 0.373 e. The molecule has 1 aromatic carbocycles. The van der Waals surface area contributed by atoms with Crippen LogP contribution >= 0.6 is 0 Å². The first-order valence-electron chi connectivity index (χ1n) is 5.97. The van der Waals surface area contributed by atoms with Crippen LogP contribution < -0.4 is 5.32 Å². The molecule has 0 saturated carbocycles. The lowest BCUT2D eigenvalue weighted by Gasteiger charge is -2.16. The Bertz CT molecular complexity index is 646. The zero-order valence-corrected chi connectivity index (χ0v) is 11.2. The van der Waals surface area contributed by atoms with Crippen molar-refractivity contribution in [3.05, 3.63) is 58.8 Å². The van der Waals surface area contributed by atoms with E-state index in [-0.39, 0.29) is 11.5 Å². The van der Waals surface area contributed by atoms with Gasteiger partial charge in [0.05, 0.1) is 13.2 Å². The minimum Gasteiger partial charge on any atom is -0.463 e.